The maximum atomic E-state index is 5.13. The summed E-state index contributed by atoms with van der Waals surface area (Å²) in [7, 11) is 1.69. The zero-order chi connectivity index (χ0) is 11.9. The van der Waals surface area contributed by atoms with Crippen molar-refractivity contribution in [1.82, 2.24) is 10.2 Å². The van der Waals surface area contributed by atoms with Crippen LogP contribution in [0.15, 0.2) is 24.3 Å². The minimum absolute atomic E-state index is 0.901. The van der Waals surface area contributed by atoms with E-state index in [1.807, 2.05) is 12.1 Å². The molecule has 4 heteroatoms. The van der Waals surface area contributed by atoms with Crippen LogP contribution in [0.1, 0.15) is 0 Å². The molecule has 1 saturated heterocycles. The predicted octanol–water partition coefficient (Wildman–Crippen LogP) is 1.01. The Morgan fingerprint density at radius 2 is 1.94 bits per heavy atom. The molecule has 17 heavy (non-hydrogen) atoms. The third-order valence-corrected chi connectivity index (χ3v) is 3.06. The molecule has 2 N–H and O–H groups in total. The lowest BCUT2D eigenvalue weighted by molar-refractivity contribution is 0.249. The van der Waals surface area contributed by atoms with Gasteiger partial charge in [0.1, 0.15) is 5.75 Å². The summed E-state index contributed by atoms with van der Waals surface area (Å²) in [5, 5.41) is 6.79. The van der Waals surface area contributed by atoms with E-state index in [0.29, 0.717) is 0 Å². The Labute approximate surface area is 103 Å². The average molecular weight is 235 g/mol. The van der Waals surface area contributed by atoms with Gasteiger partial charge >= 0.3 is 0 Å². The van der Waals surface area contributed by atoms with Crippen molar-refractivity contribution in [2.24, 2.45) is 0 Å². The standard InChI is InChI=1S/C13H21N3O/c1-17-13-4-2-12(3-5-13)15-8-11-16-9-6-14-7-10-16/h2-5,14-15H,6-11H2,1H3. The molecule has 0 radical (unpaired) electrons. The molecule has 0 spiro atoms. The molecule has 0 amide bonds. The van der Waals surface area contributed by atoms with Crippen molar-refractivity contribution in [2.45, 2.75) is 0 Å². The molecule has 0 saturated carbocycles. The second kappa shape index (κ2) is 6.47. The summed E-state index contributed by atoms with van der Waals surface area (Å²) in [5.41, 5.74) is 1.15. The van der Waals surface area contributed by atoms with E-state index in [2.05, 4.69) is 27.7 Å². The highest BCUT2D eigenvalue weighted by molar-refractivity contribution is 5.46. The smallest absolute Gasteiger partial charge is 0.119 e. The van der Waals surface area contributed by atoms with Gasteiger partial charge in [-0.25, -0.2) is 0 Å². The number of methoxy groups -OCH3 is 1. The van der Waals surface area contributed by atoms with Crippen LogP contribution in [-0.4, -0.2) is 51.3 Å². The van der Waals surface area contributed by atoms with Crippen molar-refractivity contribution in [3.8, 4) is 5.75 Å². The fraction of sp³-hybridized carbons (Fsp3) is 0.538. The molecule has 1 fully saturated rings. The third-order valence-electron chi connectivity index (χ3n) is 3.06. The van der Waals surface area contributed by atoms with Gasteiger partial charge in [0, 0.05) is 45.0 Å². The van der Waals surface area contributed by atoms with Crippen LogP contribution in [0.5, 0.6) is 5.75 Å². The molecule has 0 unspecified atom stereocenters. The quantitative estimate of drug-likeness (QED) is 0.798. The lowest BCUT2D eigenvalue weighted by Gasteiger charge is -2.27. The molecule has 2 rings (SSSR count). The number of benzene rings is 1. The molecule has 1 aromatic rings. The van der Waals surface area contributed by atoms with Crippen molar-refractivity contribution in [1.29, 1.82) is 0 Å². The average Bonchev–Trinajstić information content (AvgIpc) is 2.41. The van der Waals surface area contributed by atoms with Gasteiger partial charge in [-0.15, -0.1) is 0 Å². The van der Waals surface area contributed by atoms with Gasteiger partial charge in [-0.3, -0.25) is 4.90 Å². The van der Waals surface area contributed by atoms with E-state index in [1.165, 1.54) is 0 Å². The van der Waals surface area contributed by atoms with Gasteiger partial charge in [0.15, 0.2) is 0 Å². The van der Waals surface area contributed by atoms with Crippen LogP contribution >= 0.6 is 0 Å². The Morgan fingerprint density at radius 1 is 1.24 bits per heavy atom. The maximum absolute atomic E-state index is 5.13. The van der Waals surface area contributed by atoms with Crippen LogP contribution in [0, 0.1) is 0 Å². The topological polar surface area (TPSA) is 36.5 Å². The zero-order valence-electron chi connectivity index (χ0n) is 10.4. The van der Waals surface area contributed by atoms with Crippen LogP contribution in [0.25, 0.3) is 0 Å². The summed E-state index contributed by atoms with van der Waals surface area (Å²) >= 11 is 0. The number of piperazine rings is 1. The van der Waals surface area contributed by atoms with Gasteiger partial charge in [-0.1, -0.05) is 0 Å². The van der Waals surface area contributed by atoms with E-state index in [-0.39, 0.29) is 0 Å². The van der Waals surface area contributed by atoms with Crippen LogP contribution in [-0.2, 0) is 0 Å². The lowest BCUT2D eigenvalue weighted by atomic mass is 10.3. The maximum Gasteiger partial charge on any atom is 0.119 e. The molecular formula is C13H21N3O. The van der Waals surface area contributed by atoms with E-state index in [9.17, 15) is 0 Å². The minimum Gasteiger partial charge on any atom is -0.497 e. The molecule has 1 heterocycles. The van der Waals surface area contributed by atoms with Crippen molar-refractivity contribution in [3.05, 3.63) is 24.3 Å². The minimum atomic E-state index is 0.901. The first-order valence-corrected chi connectivity index (χ1v) is 6.19. The summed E-state index contributed by atoms with van der Waals surface area (Å²) < 4.78 is 5.13. The zero-order valence-corrected chi connectivity index (χ0v) is 10.4. The van der Waals surface area contributed by atoms with Crippen molar-refractivity contribution >= 4 is 5.69 Å². The number of hydrogen-bond donors (Lipinski definition) is 2. The Morgan fingerprint density at radius 3 is 2.59 bits per heavy atom. The molecule has 1 aliphatic heterocycles. The van der Waals surface area contributed by atoms with E-state index in [0.717, 1.165) is 50.7 Å². The molecule has 0 atom stereocenters. The number of ether oxygens (including phenoxy) is 1. The van der Waals surface area contributed by atoms with Gasteiger partial charge in [-0.05, 0) is 24.3 Å². The molecular weight excluding hydrogens is 214 g/mol. The lowest BCUT2D eigenvalue weighted by Crippen LogP contribution is -2.45. The summed E-state index contributed by atoms with van der Waals surface area (Å²) in [5.74, 6) is 0.901. The second-order valence-electron chi connectivity index (χ2n) is 4.25. The van der Waals surface area contributed by atoms with E-state index >= 15 is 0 Å². The first-order chi connectivity index (χ1) is 8.38. The molecule has 1 aliphatic rings. The number of anilines is 1. The van der Waals surface area contributed by atoms with Crippen molar-refractivity contribution in [3.63, 3.8) is 0 Å². The Kier molecular flexibility index (Phi) is 4.64. The van der Waals surface area contributed by atoms with Gasteiger partial charge in [0.25, 0.3) is 0 Å². The summed E-state index contributed by atoms with van der Waals surface area (Å²) in [6, 6.07) is 8.06. The number of rotatable bonds is 5. The SMILES string of the molecule is COc1ccc(NCCN2CCNCC2)cc1. The number of nitrogens with zero attached hydrogens (tertiary/aromatic N) is 1. The van der Waals surface area contributed by atoms with Crippen LogP contribution in [0.2, 0.25) is 0 Å². The highest BCUT2D eigenvalue weighted by Crippen LogP contribution is 2.14. The van der Waals surface area contributed by atoms with Crippen molar-refractivity contribution < 1.29 is 4.74 Å². The van der Waals surface area contributed by atoms with Crippen molar-refractivity contribution in [2.75, 3.05) is 51.7 Å². The molecule has 94 valence electrons. The highest BCUT2D eigenvalue weighted by atomic mass is 16.5. The van der Waals surface area contributed by atoms with E-state index in [4.69, 9.17) is 4.74 Å². The summed E-state index contributed by atoms with van der Waals surface area (Å²) in [6.45, 7) is 6.64. The number of hydrogen-bond acceptors (Lipinski definition) is 4. The van der Waals surface area contributed by atoms with Gasteiger partial charge in [-0.2, -0.15) is 0 Å². The predicted molar refractivity (Wildman–Crippen MR) is 70.8 cm³/mol. The first-order valence-electron chi connectivity index (χ1n) is 6.19. The van der Waals surface area contributed by atoms with E-state index in [1.54, 1.807) is 7.11 Å². The fourth-order valence-corrected chi connectivity index (χ4v) is 2.00. The molecule has 0 bridgehead atoms. The highest BCUT2D eigenvalue weighted by Gasteiger charge is 2.07. The van der Waals surface area contributed by atoms with E-state index < -0.39 is 0 Å². The third kappa shape index (κ3) is 3.91. The first kappa shape index (κ1) is 12.2. The molecule has 0 aromatic heterocycles. The molecule has 0 aliphatic carbocycles. The number of nitrogens with one attached hydrogen (secondary N) is 2. The Bertz CT molecular complexity index is 320. The Balaban J connectivity index is 1.69. The van der Waals surface area contributed by atoms with Gasteiger partial charge < -0.3 is 15.4 Å². The summed E-state index contributed by atoms with van der Waals surface area (Å²) in [4.78, 5) is 2.48. The van der Waals surface area contributed by atoms with Crippen LogP contribution < -0.4 is 15.4 Å². The molecule has 1 aromatic carbocycles. The summed E-state index contributed by atoms with van der Waals surface area (Å²) in [6.07, 6.45) is 0. The van der Waals surface area contributed by atoms with Crippen LogP contribution in [0.4, 0.5) is 5.69 Å². The monoisotopic (exact) mass is 235 g/mol. The van der Waals surface area contributed by atoms with Gasteiger partial charge in [0.2, 0.25) is 0 Å². The Hall–Kier alpha value is -1.26. The molecule has 4 nitrogen and oxygen atoms in total. The largest absolute Gasteiger partial charge is 0.497 e. The second-order valence-corrected chi connectivity index (χ2v) is 4.25. The van der Waals surface area contributed by atoms with Crippen LogP contribution in [0.3, 0.4) is 0 Å². The van der Waals surface area contributed by atoms with Gasteiger partial charge in [0.05, 0.1) is 7.11 Å². The fourth-order valence-electron chi connectivity index (χ4n) is 2.00. The normalized spacial score (nSPS) is 16.8.